The minimum absolute atomic E-state index is 0.123. The molecular formula is C10H14N2S. The van der Waals surface area contributed by atoms with Gasteiger partial charge in [-0.05, 0) is 32.3 Å². The topological polar surface area (TPSA) is 35.8 Å². The van der Waals surface area contributed by atoms with Gasteiger partial charge in [0, 0.05) is 4.88 Å². The summed E-state index contributed by atoms with van der Waals surface area (Å²) >= 11 is 1.68. The van der Waals surface area contributed by atoms with Crippen molar-refractivity contribution >= 4 is 11.3 Å². The van der Waals surface area contributed by atoms with Crippen LogP contribution in [-0.4, -0.2) is 7.05 Å². The molecule has 1 atom stereocenters. The molecule has 0 aromatic carbocycles. The number of rotatable bonds is 3. The van der Waals surface area contributed by atoms with Crippen LogP contribution in [0, 0.1) is 16.7 Å². The van der Waals surface area contributed by atoms with Gasteiger partial charge in [0.1, 0.15) is 0 Å². The summed E-state index contributed by atoms with van der Waals surface area (Å²) in [6, 6.07) is 6.52. The lowest BCUT2D eigenvalue weighted by Crippen LogP contribution is -2.30. The predicted molar refractivity (Wildman–Crippen MR) is 55.5 cm³/mol. The molecule has 3 heteroatoms. The van der Waals surface area contributed by atoms with Crippen LogP contribution in [0.3, 0.4) is 0 Å². The smallest absolute Gasteiger partial charge is 0.0720 e. The van der Waals surface area contributed by atoms with Crippen molar-refractivity contribution < 1.29 is 0 Å². The Kier molecular flexibility index (Phi) is 3.07. The van der Waals surface area contributed by atoms with Gasteiger partial charge in [-0.3, -0.25) is 0 Å². The number of thiophene rings is 1. The fraction of sp³-hybridized carbons (Fsp3) is 0.500. The summed E-state index contributed by atoms with van der Waals surface area (Å²) in [4.78, 5) is 1.22. The van der Waals surface area contributed by atoms with Crippen LogP contribution in [0.1, 0.15) is 24.8 Å². The van der Waals surface area contributed by atoms with E-state index in [0.717, 1.165) is 0 Å². The Hall–Kier alpha value is -0.850. The van der Waals surface area contributed by atoms with Crippen molar-refractivity contribution in [3.8, 4) is 6.07 Å². The molecule has 1 N–H and O–H groups in total. The van der Waals surface area contributed by atoms with Gasteiger partial charge >= 0.3 is 0 Å². The van der Waals surface area contributed by atoms with Gasteiger partial charge in [-0.1, -0.05) is 6.07 Å². The predicted octanol–water partition coefficient (Wildman–Crippen LogP) is 2.56. The second kappa shape index (κ2) is 3.91. The van der Waals surface area contributed by atoms with E-state index in [1.54, 1.807) is 11.3 Å². The van der Waals surface area contributed by atoms with E-state index in [-0.39, 0.29) is 11.5 Å². The molecule has 2 nitrogen and oxygen atoms in total. The van der Waals surface area contributed by atoms with E-state index in [2.05, 4.69) is 17.5 Å². The van der Waals surface area contributed by atoms with Crippen LogP contribution in [-0.2, 0) is 0 Å². The van der Waals surface area contributed by atoms with Crippen molar-refractivity contribution in [1.29, 1.82) is 5.26 Å². The van der Waals surface area contributed by atoms with Crippen molar-refractivity contribution in [2.75, 3.05) is 7.05 Å². The van der Waals surface area contributed by atoms with Gasteiger partial charge in [0.25, 0.3) is 0 Å². The second-order valence-corrected chi connectivity index (χ2v) is 4.55. The lowest BCUT2D eigenvalue weighted by Gasteiger charge is -2.26. The maximum Gasteiger partial charge on any atom is 0.0720 e. The SMILES string of the molecule is CNC(c1cccs1)C(C)(C)C#N. The van der Waals surface area contributed by atoms with Gasteiger partial charge in [0.05, 0.1) is 17.5 Å². The van der Waals surface area contributed by atoms with Crippen LogP contribution in [0.25, 0.3) is 0 Å². The Balaban J connectivity index is 2.94. The van der Waals surface area contributed by atoms with E-state index in [4.69, 9.17) is 5.26 Å². The quantitative estimate of drug-likeness (QED) is 0.802. The molecular weight excluding hydrogens is 180 g/mol. The first kappa shape index (κ1) is 10.2. The summed E-state index contributed by atoms with van der Waals surface area (Å²) in [5.41, 5.74) is -0.362. The highest BCUT2D eigenvalue weighted by molar-refractivity contribution is 7.10. The molecule has 70 valence electrons. The van der Waals surface area contributed by atoms with Gasteiger partial charge in [-0.2, -0.15) is 5.26 Å². The van der Waals surface area contributed by atoms with Crippen molar-refractivity contribution in [2.24, 2.45) is 5.41 Å². The summed E-state index contributed by atoms with van der Waals surface area (Å²) in [6.07, 6.45) is 0. The van der Waals surface area contributed by atoms with E-state index in [1.165, 1.54) is 4.88 Å². The molecule has 0 saturated heterocycles. The third kappa shape index (κ3) is 2.09. The summed E-state index contributed by atoms with van der Waals surface area (Å²) < 4.78 is 0. The van der Waals surface area contributed by atoms with Gasteiger partial charge in [-0.25, -0.2) is 0 Å². The summed E-state index contributed by atoms with van der Waals surface area (Å²) in [7, 11) is 1.89. The minimum atomic E-state index is -0.362. The average molecular weight is 194 g/mol. The first-order chi connectivity index (χ1) is 6.11. The molecule has 0 saturated carbocycles. The molecule has 0 aliphatic rings. The van der Waals surface area contributed by atoms with Crippen LogP contribution in [0.4, 0.5) is 0 Å². The summed E-state index contributed by atoms with van der Waals surface area (Å²) in [5, 5.41) is 14.2. The Morgan fingerprint density at radius 1 is 1.62 bits per heavy atom. The van der Waals surface area contributed by atoms with E-state index >= 15 is 0 Å². The number of nitriles is 1. The van der Waals surface area contributed by atoms with Crippen molar-refractivity contribution in [2.45, 2.75) is 19.9 Å². The zero-order valence-corrected chi connectivity index (χ0v) is 8.98. The first-order valence-electron chi connectivity index (χ1n) is 4.23. The van der Waals surface area contributed by atoms with Gasteiger partial charge in [0.15, 0.2) is 0 Å². The van der Waals surface area contributed by atoms with E-state index in [9.17, 15) is 0 Å². The molecule has 0 aliphatic carbocycles. The average Bonchev–Trinajstić information content (AvgIpc) is 2.58. The molecule has 0 fully saturated rings. The third-order valence-electron chi connectivity index (χ3n) is 2.13. The molecule has 0 radical (unpaired) electrons. The van der Waals surface area contributed by atoms with Crippen LogP contribution >= 0.6 is 11.3 Å². The minimum Gasteiger partial charge on any atom is -0.311 e. The number of nitrogens with one attached hydrogen (secondary N) is 1. The van der Waals surface area contributed by atoms with Crippen LogP contribution in [0.5, 0.6) is 0 Å². The highest BCUT2D eigenvalue weighted by atomic mass is 32.1. The molecule has 13 heavy (non-hydrogen) atoms. The lowest BCUT2D eigenvalue weighted by molar-refractivity contribution is 0.349. The molecule has 1 unspecified atom stereocenters. The monoisotopic (exact) mass is 194 g/mol. The standard InChI is InChI=1S/C10H14N2S/c1-10(2,7-11)9(12-3)8-5-4-6-13-8/h4-6,9,12H,1-3H3. The highest BCUT2D eigenvalue weighted by Gasteiger charge is 2.29. The van der Waals surface area contributed by atoms with Gasteiger partial charge in [0.2, 0.25) is 0 Å². The van der Waals surface area contributed by atoms with Gasteiger partial charge < -0.3 is 5.32 Å². The number of nitrogens with zero attached hydrogens (tertiary/aromatic N) is 1. The maximum atomic E-state index is 9.01. The Morgan fingerprint density at radius 3 is 2.69 bits per heavy atom. The lowest BCUT2D eigenvalue weighted by atomic mass is 9.85. The normalized spacial score (nSPS) is 13.7. The van der Waals surface area contributed by atoms with Crippen LogP contribution < -0.4 is 5.32 Å². The maximum absolute atomic E-state index is 9.01. The Labute approximate surface area is 83.2 Å². The largest absolute Gasteiger partial charge is 0.311 e. The molecule has 0 spiro atoms. The Bertz CT molecular complexity index is 295. The van der Waals surface area contributed by atoms with Crippen molar-refractivity contribution in [1.82, 2.24) is 5.32 Å². The fourth-order valence-electron chi connectivity index (χ4n) is 1.38. The summed E-state index contributed by atoms with van der Waals surface area (Å²) in [6.45, 7) is 3.90. The zero-order chi connectivity index (χ0) is 9.90. The number of hydrogen-bond donors (Lipinski definition) is 1. The zero-order valence-electron chi connectivity index (χ0n) is 8.16. The van der Waals surface area contributed by atoms with Crippen LogP contribution in [0.15, 0.2) is 17.5 Å². The van der Waals surface area contributed by atoms with E-state index in [1.807, 2.05) is 32.3 Å². The molecule has 1 rings (SSSR count). The first-order valence-corrected chi connectivity index (χ1v) is 5.11. The fourth-order valence-corrected chi connectivity index (χ4v) is 2.40. The second-order valence-electron chi connectivity index (χ2n) is 3.57. The van der Waals surface area contributed by atoms with Crippen molar-refractivity contribution in [3.63, 3.8) is 0 Å². The summed E-state index contributed by atoms with van der Waals surface area (Å²) in [5.74, 6) is 0. The molecule has 0 bridgehead atoms. The number of hydrogen-bond acceptors (Lipinski definition) is 3. The van der Waals surface area contributed by atoms with E-state index in [0.29, 0.717) is 0 Å². The highest BCUT2D eigenvalue weighted by Crippen LogP contribution is 2.34. The molecule has 1 heterocycles. The van der Waals surface area contributed by atoms with Gasteiger partial charge in [-0.15, -0.1) is 11.3 Å². The Morgan fingerprint density at radius 2 is 2.31 bits per heavy atom. The van der Waals surface area contributed by atoms with Crippen LogP contribution in [0.2, 0.25) is 0 Å². The third-order valence-corrected chi connectivity index (χ3v) is 3.06. The molecule has 0 aliphatic heterocycles. The molecule has 1 aromatic rings. The van der Waals surface area contributed by atoms with Crippen molar-refractivity contribution in [3.05, 3.63) is 22.4 Å². The molecule has 1 aromatic heterocycles. The van der Waals surface area contributed by atoms with E-state index < -0.39 is 0 Å². The molecule has 0 amide bonds.